The standard InChI is InChI=1S/C14H16/c1-2-3-4-5-6-8-11-14-12-9-7-10-13-14/h2-10,12-13H,11H2,1H3. The van der Waals surface area contributed by atoms with Crippen LogP contribution >= 0.6 is 0 Å². The fraction of sp³-hybridized carbons (Fsp3) is 0.143. The molecule has 14 heavy (non-hydrogen) atoms. The van der Waals surface area contributed by atoms with E-state index < -0.39 is 0 Å². The van der Waals surface area contributed by atoms with Crippen LogP contribution in [0.3, 0.4) is 0 Å². The molecule has 1 aromatic carbocycles. The molecule has 0 atom stereocenters. The third-order valence-electron chi connectivity index (χ3n) is 1.86. The Labute approximate surface area is 86.3 Å². The van der Waals surface area contributed by atoms with Crippen LogP contribution in [-0.4, -0.2) is 0 Å². The second kappa shape index (κ2) is 6.90. The molecule has 0 fully saturated rings. The van der Waals surface area contributed by atoms with Gasteiger partial charge in [0.15, 0.2) is 0 Å². The zero-order chi connectivity index (χ0) is 10.1. The minimum atomic E-state index is 1.00. The van der Waals surface area contributed by atoms with Crippen LogP contribution in [0.15, 0.2) is 66.8 Å². The van der Waals surface area contributed by atoms with E-state index in [1.807, 2.05) is 37.3 Å². The number of benzene rings is 1. The molecule has 0 aliphatic heterocycles. The molecule has 0 radical (unpaired) electrons. The van der Waals surface area contributed by atoms with Gasteiger partial charge in [-0.3, -0.25) is 0 Å². The zero-order valence-electron chi connectivity index (χ0n) is 8.56. The predicted molar refractivity (Wildman–Crippen MR) is 63.2 cm³/mol. The Morgan fingerprint density at radius 1 is 0.929 bits per heavy atom. The van der Waals surface area contributed by atoms with Gasteiger partial charge in [0.05, 0.1) is 0 Å². The van der Waals surface area contributed by atoms with Crippen molar-refractivity contribution in [2.75, 3.05) is 0 Å². The van der Waals surface area contributed by atoms with Crippen LogP contribution in [-0.2, 0) is 6.42 Å². The van der Waals surface area contributed by atoms with Crippen molar-refractivity contribution in [2.45, 2.75) is 13.3 Å². The van der Waals surface area contributed by atoms with Crippen LogP contribution in [0, 0.1) is 0 Å². The molecule has 0 saturated heterocycles. The van der Waals surface area contributed by atoms with Gasteiger partial charge >= 0.3 is 0 Å². The molecule has 0 unspecified atom stereocenters. The predicted octanol–water partition coefficient (Wildman–Crippen LogP) is 3.92. The first-order valence-corrected chi connectivity index (χ1v) is 4.92. The first-order valence-electron chi connectivity index (χ1n) is 4.92. The average molecular weight is 184 g/mol. The largest absolute Gasteiger partial charge is 0.0877 e. The van der Waals surface area contributed by atoms with E-state index in [-0.39, 0.29) is 0 Å². The zero-order valence-corrected chi connectivity index (χ0v) is 8.56. The summed E-state index contributed by atoms with van der Waals surface area (Å²) in [6.07, 6.45) is 13.3. The molecule has 0 heterocycles. The fourth-order valence-corrected chi connectivity index (χ4v) is 1.14. The van der Waals surface area contributed by atoms with Crippen molar-refractivity contribution >= 4 is 0 Å². The van der Waals surface area contributed by atoms with Crippen LogP contribution in [0.2, 0.25) is 0 Å². The molecule has 0 aromatic heterocycles. The summed E-state index contributed by atoms with van der Waals surface area (Å²) >= 11 is 0. The van der Waals surface area contributed by atoms with Crippen LogP contribution in [0.5, 0.6) is 0 Å². The molecule has 1 aromatic rings. The van der Waals surface area contributed by atoms with E-state index in [1.54, 1.807) is 0 Å². The molecule has 1 rings (SSSR count). The first-order chi connectivity index (χ1) is 6.93. The van der Waals surface area contributed by atoms with Crippen molar-refractivity contribution in [1.82, 2.24) is 0 Å². The molecule has 0 saturated carbocycles. The molecule has 0 bridgehead atoms. The van der Waals surface area contributed by atoms with E-state index in [1.165, 1.54) is 5.56 Å². The van der Waals surface area contributed by atoms with Crippen LogP contribution in [0.4, 0.5) is 0 Å². The van der Waals surface area contributed by atoms with Gasteiger partial charge in [0, 0.05) is 0 Å². The highest BCUT2D eigenvalue weighted by molar-refractivity contribution is 5.19. The topological polar surface area (TPSA) is 0 Å². The van der Waals surface area contributed by atoms with Gasteiger partial charge in [-0.05, 0) is 18.9 Å². The van der Waals surface area contributed by atoms with Gasteiger partial charge in [-0.1, -0.05) is 66.8 Å². The van der Waals surface area contributed by atoms with E-state index in [9.17, 15) is 0 Å². The van der Waals surface area contributed by atoms with Gasteiger partial charge in [0.2, 0.25) is 0 Å². The third-order valence-corrected chi connectivity index (χ3v) is 1.86. The van der Waals surface area contributed by atoms with Gasteiger partial charge < -0.3 is 0 Å². The molecule has 0 N–H and O–H groups in total. The molecular weight excluding hydrogens is 168 g/mol. The second-order valence-corrected chi connectivity index (χ2v) is 3.03. The first kappa shape index (κ1) is 10.5. The summed E-state index contributed by atoms with van der Waals surface area (Å²) in [6, 6.07) is 10.5. The van der Waals surface area contributed by atoms with Crippen LogP contribution < -0.4 is 0 Å². The summed E-state index contributed by atoms with van der Waals surface area (Å²) in [5.41, 5.74) is 1.35. The Morgan fingerprint density at radius 3 is 2.36 bits per heavy atom. The molecule has 0 aliphatic carbocycles. The minimum Gasteiger partial charge on any atom is -0.0877 e. The lowest BCUT2D eigenvalue weighted by atomic mass is 10.1. The lowest BCUT2D eigenvalue weighted by molar-refractivity contribution is 1.27. The number of allylic oxidation sites excluding steroid dienone is 6. The Bertz CT molecular complexity index is 315. The van der Waals surface area contributed by atoms with Crippen molar-refractivity contribution in [2.24, 2.45) is 0 Å². The van der Waals surface area contributed by atoms with Gasteiger partial charge in [0.1, 0.15) is 0 Å². The van der Waals surface area contributed by atoms with E-state index in [0.29, 0.717) is 0 Å². The van der Waals surface area contributed by atoms with E-state index in [4.69, 9.17) is 0 Å². The Hall–Kier alpha value is -1.56. The molecule has 0 amide bonds. The highest BCUT2D eigenvalue weighted by Gasteiger charge is 1.83. The number of hydrogen-bond acceptors (Lipinski definition) is 0. The third kappa shape index (κ3) is 4.46. The summed E-state index contributed by atoms with van der Waals surface area (Å²) in [4.78, 5) is 0. The maximum absolute atomic E-state index is 2.16. The molecule has 72 valence electrons. The summed E-state index contributed by atoms with van der Waals surface area (Å²) in [7, 11) is 0. The summed E-state index contributed by atoms with van der Waals surface area (Å²) in [6.45, 7) is 2.01. The van der Waals surface area contributed by atoms with E-state index >= 15 is 0 Å². The van der Waals surface area contributed by atoms with E-state index in [0.717, 1.165) is 6.42 Å². The monoisotopic (exact) mass is 184 g/mol. The molecule has 0 heteroatoms. The Morgan fingerprint density at radius 2 is 1.64 bits per heavy atom. The van der Waals surface area contributed by atoms with E-state index in [2.05, 4.69) is 36.4 Å². The maximum Gasteiger partial charge on any atom is -0.00943 e. The Balaban J connectivity index is 2.34. The Kier molecular flexibility index (Phi) is 5.19. The lowest BCUT2D eigenvalue weighted by Crippen LogP contribution is -1.77. The van der Waals surface area contributed by atoms with Crippen molar-refractivity contribution in [1.29, 1.82) is 0 Å². The van der Waals surface area contributed by atoms with Gasteiger partial charge in [0.25, 0.3) is 0 Å². The van der Waals surface area contributed by atoms with Gasteiger partial charge in [-0.15, -0.1) is 0 Å². The normalized spacial score (nSPS) is 12.1. The van der Waals surface area contributed by atoms with Gasteiger partial charge in [-0.2, -0.15) is 0 Å². The van der Waals surface area contributed by atoms with Crippen molar-refractivity contribution < 1.29 is 0 Å². The maximum atomic E-state index is 2.16. The highest BCUT2D eigenvalue weighted by atomic mass is 13.9. The van der Waals surface area contributed by atoms with Crippen LogP contribution in [0.25, 0.3) is 0 Å². The minimum absolute atomic E-state index is 1.00. The van der Waals surface area contributed by atoms with Crippen molar-refractivity contribution in [3.05, 3.63) is 72.4 Å². The SMILES string of the molecule is CC=CC=CC=CCc1ccccc1. The highest BCUT2D eigenvalue weighted by Crippen LogP contribution is 1.99. The lowest BCUT2D eigenvalue weighted by Gasteiger charge is -1.92. The quantitative estimate of drug-likeness (QED) is 0.622. The molecule has 0 aliphatic rings. The number of hydrogen-bond donors (Lipinski definition) is 0. The fourth-order valence-electron chi connectivity index (χ4n) is 1.14. The van der Waals surface area contributed by atoms with Gasteiger partial charge in [-0.25, -0.2) is 0 Å². The molecule has 0 spiro atoms. The molecular formula is C14H16. The second-order valence-electron chi connectivity index (χ2n) is 3.03. The van der Waals surface area contributed by atoms with Crippen molar-refractivity contribution in [3.8, 4) is 0 Å². The summed E-state index contributed by atoms with van der Waals surface area (Å²) in [5.74, 6) is 0. The summed E-state index contributed by atoms with van der Waals surface area (Å²) in [5, 5.41) is 0. The molecule has 0 nitrogen and oxygen atoms in total. The average Bonchev–Trinajstić information content (AvgIpc) is 2.25. The van der Waals surface area contributed by atoms with Crippen molar-refractivity contribution in [3.63, 3.8) is 0 Å². The summed E-state index contributed by atoms with van der Waals surface area (Å²) < 4.78 is 0. The number of rotatable bonds is 4. The van der Waals surface area contributed by atoms with Crippen LogP contribution in [0.1, 0.15) is 12.5 Å². The smallest absolute Gasteiger partial charge is 0.00943 e.